The summed E-state index contributed by atoms with van der Waals surface area (Å²) in [4.78, 5) is 27.1. The highest BCUT2D eigenvalue weighted by molar-refractivity contribution is 5.81. The standard InChI is InChI=1S/C26H29N5O2/c1-16-12-20(21-5-2-18-8-10-27-22(18)14-21)6-7-23(16)31-24(28-29-26(31)33)13-17-9-11-30(15-17)25(32)19-3-4-19/h2,5-7,12,14,17,19,27H,3-4,8-11,13,15H2,1H3,(H,29,33)/t17-/m0/s1. The van der Waals surface area contributed by atoms with Crippen LogP contribution in [0.15, 0.2) is 41.2 Å². The van der Waals surface area contributed by atoms with Crippen molar-refractivity contribution in [2.24, 2.45) is 11.8 Å². The van der Waals surface area contributed by atoms with Gasteiger partial charge in [0.15, 0.2) is 0 Å². The first-order chi connectivity index (χ1) is 16.1. The quantitative estimate of drug-likeness (QED) is 0.634. The Labute approximate surface area is 192 Å². The van der Waals surface area contributed by atoms with Gasteiger partial charge in [-0.1, -0.05) is 18.2 Å². The molecular formula is C26H29N5O2. The molecule has 2 fully saturated rings. The van der Waals surface area contributed by atoms with Crippen LogP contribution in [0.1, 0.15) is 36.2 Å². The second-order valence-corrected chi connectivity index (χ2v) is 9.75. The third kappa shape index (κ3) is 3.75. The number of amides is 1. The van der Waals surface area contributed by atoms with E-state index >= 15 is 0 Å². The number of nitrogens with one attached hydrogen (secondary N) is 2. The molecule has 1 saturated carbocycles. The monoisotopic (exact) mass is 443 g/mol. The number of fused-ring (bicyclic) bond motifs is 1. The summed E-state index contributed by atoms with van der Waals surface area (Å²) in [5, 5.41) is 10.4. The number of hydrogen-bond donors (Lipinski definition) is 2. The third-order valence-electron chi connectivity index (χ3n) is 7.33. The number of carbonyl (C=O) groups is 1. The number of aryl methyl sites for hydroxylation is 1. The SMILES string of the molecule is Cc1cc(-c2ccc3c(c2)NCC3)ccc1-n1c(C[C@@H]2CCN(C(=O)C3CC3)C2)n[nH]c1=O. The lowest BCUT2D eigenvalue weighted by Crippen LogP contribution is -2.30. The van der Waals surface area contributed by atoms with Crippen LogP contribution >= 0.6 is 0 Å². The van der Waals surface area contributed by atoms with Crippen molar-refractivity contribution in [1.82, 2.24) is 19.7 Å². The van der Waals surface area contributed by atoms with Crippen molar-refractivity contribution in [3.05, 3.63) is 63.8 Å². The highest BCUT2D eigenvalue weighted by Gasteiger charge is 2.37. The fourth-order valence-corrected chi connectivity index (χ4v) is 5.32. The minimum Gasteiger partial charge on any atom is -0.384 e. The number of benzene rings is 2. The van der Waals surface area contributed by atoms with E-state index in [0.717, 1.165) is 68.0 Å². The zero-order chi connectivity index (χ0) is 22.5. The molecule has 3 aliphatic rings. The molecule has 3 aromatic rings. The van der Waals surface area contributed by atoms with Gasteiger partial charge in [0.1, 0.15) is 5.82 Å². The van der Waals surface area contributed by atoms with E-state index in [0.29, 0.717) is 18.2 Å². The number of anilines is 1. The van der Waals surface area contributed by atoms with Gasteiger partial charge in [0.2, 0.25) is 5.91 Å². The van der Waals surface area contributed by atoms with Gasteiger partial charge in [0, 0.05) is 37.7 Å². The fourth-order valence-electron chi connectivity index (χ4n) is 5.32. The van der Waals surface area contributed by atoms with Gasteiger partial charge in [-0.2, -0.15) is 5.10 Å². The largest absolute Gasteiger partial charge is 0.384 e. The summed E-state index contributed by atoms with van der Waals surface area (Å²) >= 11 is 0. The molecule has 0 bridgehead atoms. The number of rotatable bonds is 5. The molecule has 1 aromatic heterocycles. The maximum atomic E-state index is 12.7. The molecule has 0 spiro atoms. The molecule has 1 aliphatic carbocycles. The average molecular weight is 444 g/mol. The van der Waals surface area contributed by atoms with Crippen molar-refractivity contribution in [1.29, 1.82) is 0 Å². The Morgan fingerprint density at radius 1 is 1.12 bits per heavy atom. The van der Waals surface area contributed by atoms with Crippen molar-refractivity contribution in [2.75, 3.05) is 25.0 Å². The minimum atomic E-state index is -0.216. The number of aromatic nitrogens is 3. The summed E-state index contributed by atoms with van der Waals surface area (Å²) in [6.07, 6.45) is 4.80. The molecule has 0 radical (unpaired) electrons. The molecule has 1 amide bonds. The molecule has 2 aliphatic heterocycles. The maximum absolute atomic E-state index is 12.7. The van der Waals surface area contributed by atoms with Gasteiger partial charge in [-0.05, 0) is 79.0 Å². The van der Waals surface area contributed by atoms with Gasteiger partial charge in [-0.25, -0.2) is 14.5 Å². The molecule has 1 saturated heterocycles. The number of hydrogen-bond acceptors (Lipinski definition) is 4. The minimum absolute atomic E-state index is 0.216. The summed E-state index contributed by atoms with van der Waals surface area (Å²) in [6, 6.07) is 12.8. The molecular weight excluding hydrogens is 414 g/mol. The summed E-state index contributed by atoms with van der Waals surface area (Å²) in [7, 11) is 0. The molecule has 0 unspecified atom stereocenters. The highest BCUT2D eigenvalue weighted by Crippen LogP contribution is 2.34. The maximum Gasteiger partial charge on any atom is 0.347 e. The van der Waals surface area contributed by atoms with Crippen molar-refractivity contribution in [3.8, 4) is 16.8 Å². The second-order valence-electron chi connectivity index (χ2n) is 9.75. The fraction of sp³-hybridized carbons (Fsp3) is 0.423. The molecule has 6 rings (SSSR count). The van der Waals surface area contributed by atoms with E-state index in [1.807, 2.05) is 17.9 Å². The van der Waals surface area contributed by atoms with E-state index in [-0.39, 0.29) is 11.6 Å². The van der Waals surface area contributed by atoms with Crippen LogP contribution < -0.4 is 11.0 Å². The Bertz CT molecular complexity index is 1290. The van der Waals surface area contributed by atoms with Crippen LogP contribution in [0.3, 0.4) is 0 Å². The van der Waals surface area contributed by atoms with E-state index in [1.54, 1.807) is 4.57 Å². The van der Waals surface area contributed by atoms with Crippen LogP contribution in [0.4, 0.5) is 5.69 Å². The van der Waals surface area contributed by atoms with Crippen LogP contribution in [0.5, 0.6) is 0 Å². The number of likely N-dealkylation sites (tertiary alicyclic amines) is 1. The second kappa shape index (κ2) is 7.90. The lowest BCUT2D eigenvalue weighted by atomic mass is 9.99. The molecule has 1 atom stereocenters. The van der Waals surface area contributed by atoms with Crippen molar-refractivity contribution >= 4 is 11.6 Å². The average Bonchev–Trinajstić information content (AvgIpc) is 3.21. The first-order valence-electron chi connectivity index (χ1n) is 12.0. The lowest BCUT2D eigenvalue weighted by Gasteiger charge is -2.16. The number of aromatic amines is 1. The van der Waals surface area contributed by atoms with Crippen LogP contribution in [0.25, 0.3) is 16.8 Å². The Morgan fingerprint density at radius 2 is 1.94 bits per heavy atom. The Balaban J connectivity index is 1.24. The molecule has 170 valence electrons. The van der Waals surface area contributed by atoms with E-state index in [9.17, 15) is 9.59 Å². The predicted octanol–water partition coefficient (Wildman–Crippen LogP) is 3.31. The van der Waals surface area contributed by atoms with E-state index in [2.05, 4.69) is 45.8 Å². The van der Waals surface area contributed by atoms with Gasteiger partial charge in [-0.3, -0.25) is 4.79 Å². The zero-order valence-electron chi connectivity index (χ0n) is 18.9. The van der Waals surface area contributed by atoms with Gasteiger partial charge < -0.3 is 10.2 Å². The molecule has 2 aromatic carbocycles. The van der Waals surface area contributed by atoms with Crippen molar-refractivity contribution < 1.29 is 4.79 Å². The Kier molecular flexibility index (Phi) is 4.85. The summed E-state index contributed by atoms with van der Waals surface area (Å²) in [5.74, 6) is 1.64. The number of carbonyl (C=O) groups excluding carboxylic acids is 1. The topological polar surface area (TPSA) is 83.0 Å². The third-order valence-corrected chi connectivity index (χ3v) is 7.33. The summed E-state index contributed by atoms with van der Waals surface area (Å²) in [5.41, 5.74) is 6.56. The first-order valence-corrected chi connectivity index (χ1v) is 12.0. The number of H-pyrrole nitrogens is 1. The smallest absolute Gasteiger partial charge is 0.347 e. The molecule has 33 heavy (non-hydrogen) atoms. The van der Waals surface area contributed by atoms with E-state index in [1.165, 1.54) is 16.8 Å². The summed E-state index contributed by atoms with van der Waals surface area (Å²) in [6.45, 7) is 4.62. The first kappa shape index (κ1) is 20.3. The van der Waals surface area contributed by atoms with E-state index < -0.39 is 0 Å². The molecule has 3 heterocycles. The van der Waals surface area contributed by atoms with Crippen molar-refractivity contribution in [3.63, 3.8) is 0 Å². The van der Waals surface area contributed by atoms with Crippen LogP contribution in [0.2, 0.25) is 0 Å². The summed E-state index contributed by atoms with van der Waals surface area (Å²) < 4.78 is 1.70. The predicted molar refractivity (Wildman–Crippen MR) is 128 cm³/mol. The van der Waals surface area contributed by atoms with Gasteiger partial charge in [-0.15, -0.1) is 0 Å². The van der Waals surface area contributed by atoms with Crippen LogP contribution in [0, 0.1) is 18.8 Å². The number of nitrogens with zero attached hydrogens (tertiary/aromatic N) is 3. The van der Waals surface area contributed by atoms with Gasteiger partial charge >= 0.3 is 5.69 Å². The Hall–Kier alpha value is -3.35. The van der Waals surface area contributed by atoms with Crippen LogP contribution in [-0.2, 0) is 17.6 Å². The zero-order valence-corrected chi connectivity index (χ0v) is 18.9. The molecule has 7 heteroatoms. The molecule has 2 N–H and O–H groups in total. The van der Waals surface area contributed by atoms with Crippen LogP contribution in [-0.4, -0.2) is 45.2 Å². The lowest BCUT2D eigenvalue weighted by molar-refractivity contribution is -0.131. The van der Waals surface area contributed by atoms with Crippen molar-refractivity contribution in [2.45, 2.75) is 39.0 Å². The Morgan fingerprint density at radius 3 is 2.76 bits per heavy atom. The van der Waals surface area contributed by atoms with E-state index in [4.69, 9.17) is 0 Å². The highest BCUT2D eigenvalue weighted by atomic mass is 16.2. The van der Waals surface area contributed by atoms with Gasteiger partial charge in [0.05, 0.1) is 5.69 Å². The normalized spacial score (nSPS) is 19.5. The van der Waals surface area contributed by atoms with Gasteiger partial charge in [0.25, 0.3) is 0 Å². The molecule has 7 nitrogen and oxygen atoms in total.